The molecular weight excluding hydrogens is 264 g/mol. The second-order valence-corrected chi connectivity index (χ2v) is 6.65. The lowest BCUT2D eigenvalue weighted by Crippen LogP contribution is -1.99. The van der Waals surface area contributed by atoms with Crippen LogP contribution < -0.4 is 0 Å². The summed E-state index contributed by atoms with van der Waals surface area (Å²) in [7, 11) is 0. The van der Waals surface area contributed by atoms with Crippen LogP contribution in [0.25, 0.3) is 10.8 Å². The van der Waals surface area contributed by atoms with Gasteiger partial charge in [-0.3, -0.25) is 0 Å². The molecule has 0 heteroatoms. The predicted octanol–water partition coefficient (Wildman–Crippen LogP) is 7.47. The van der Waals surface area contributed by atoms with Crippen LogP contribution in [0, 0.1) is 0 Å². The Balaban J connectivity index is 2.02. The van der Waals surface area contributed by atoms with Gasteiger partial charge >= 0.3 is 0 Å². The summed E-state index contributed by atoms with van der Waals surface area (Å²) in [6.07, 6.45) is 12.3. The molecule has 0 saturated heterocycles. The monoisotopic (exact) mass is 296 g/mol. The molecule has 1 unspecified atom stereocenters. The van der Waals surface area contributed by atoms with Gasteiger partial charge in [-0.1, -0.05) is 101 Å². The third-order valence-electron chi connectivity index (χ3n) is 4.81. The van der Waals surface area contributed by atoms with Gasteiger partial charge in [0.25, 0.3) is 0 Å². The largest absolute Gasteiger partial charge is 0.0654 e. The van der Waals surface area contributed by atoms with E-state index in [1.54, 1.807) is 5.56 Å². The lowest BCUT2D eigenvalue weighted by Gasteiger charge is -2.18. The van der Waals surface area contributed by atoms with Gasteiger partial charge in [-0.05, 0) is 35.1 Å². The third kappa shape index (κ3) is 5.16. The van der Waals surface area contributed by atoms with Crippen LogP contribution in [0.1, 0.15) is 83.1 Å². The molecule has 1 atom stereocenters. The zero-order valence-corrected chi connectivity index (χ0v) is 14.5. The summed E-state index contributed by atoms with van der Waals surface area (Å²) >= 11 is 0. The number of rotatable bonds is 10. The maximum atomic E-state index is 2.43. The van der Waals surface area contributed by atoms with Crippen molar-refractivity contribution in [3.63, 3.8) is 0 Å². The SMILES string of the molecule is CCCCCCCC(CCCC)c1ccc2ccccc2c1. The standard InChI is InChI=1S/C22H32/c1-3-5-7-8-9-13-19(12-6-4-2)22-17-16-20-14-10-11-15-21(20)18-22/h10-11,14-19H,3-9,12-13H2,1-2H3. The van der Waals surface area contributed by atoms with Crippen molar-refractivity contribution in [3.05, 3.63) is 48.0 Å². The number of unbranched alkanes of at least 4 members (excludes halogenated alkanes) is 5. The molecule has 0 aliphatic rings. The fourth-order valence-corrected chi connectivity index (χ4v) is 3.38. The maximum absolute atomic E-state index is 2.43. The smallest absolute Gasteiger partial charge is 0.0162 e. The minimum Gasteiger partial charge on any atom is -0.0654 e. The Morgan fingerprint density at radius 1 is 0.682 bits per heavy atom. The van der Waals surface area contributed by atoms with Gasteiger partial charge in [-0.2, -0.15) is 0 Å². The average molecular weight is 296 g/mol. The molecule has 0 bridgehead atoms. The van der Waals surface area contributed by atoms with Crippen molar-refractivity contribution in [2.75, 3.05) is 0 Å². The van der Waals surface area contributed by atoms with Gasteiger partial charge in [0, 0.05) is 0 Å². The van der Waals surface area contributed by atoms with Gasteiger partial charge in [0.2, 0.25) is 0 Å². The molecule has 0 spiro atoms. The van der Waals surface area contributed by atoms with E-state index in [1.165, 1.54) is 68.6 Å². The van der Waals surface area contributed by atoms with E-state index in [1.807, 2.05) is 0 Å². The lowest BCUT2D eigenvalue weighted by molar-refractivity contribution is 0.505. The molecule has 0 heterocycles. The van der Waals surface area contributed by atoms with Crippen LogP contribution in [-0.4, -0.2) is 0 Å². The van der Waals surface area contributed by atoms with E-state index in [-0.39, 0.29) is 0 Å². The zero-order chi connectivity index (χ0) is 15.6. The van der Waals surface area contributed by atoms with Crippen LogP contribution in [0.2, 0.25) is 0 Å². The van der Waals surface area contributed by atoms with Gasteiger partial charge in [0.1, 0.15) is 0 Å². The van der Waals surface area contributed by atoms with Crippen molar-refractivity contribution in [2.45, 2.75) is 77.6 Å². The summed E-state index contributed by atoms with van der Waals surface area (Å²) in [6, 6.07) is 15.8. The van der Waals surface area contributed by atoms with Gasteiger partial charge in [0.05, 0.1) is 0 Å². The Morgan fingerprint density at radius 3 is 2.14 bits per heavy atom. The molecule has 120 valence electrons. The highest BCUT2D eigenvalue weighted by Gasteiger charge is 2.11. The van der Waals surface area contributed by atoms with Crippen molar-refractivity contribution < 1.29 is 0 Å². The van der Waals surface area contributed by atoms with Crippen LogP contribution in [0.4, 0.5) is 0 Å². The first-order chi connectivity index (χ1) is 10.8. The highest BCUT2D eigenvalue weighted by Crippen LogP contribution is 2.30. The van der Waals surface area contributed by atoms with E-state index in [9.17, 15) is 0 Å². The van der Waals surface area contributed by atoms with Crippen LogP contribution in [0.15, 0.2) is 42.5 Å². The minimum absolute atomic E-state index is 0.756. The van der Waals surface area contributed by atoms with Gasteiger partial charge in [-0.25, -0.2) is 0 Å². The molecule has 0 fully saturated rings. The Hall–Kier alpha value is -1.30. The molecule has 0 aliphatic carbocycles. The molecule has 0 saturated carbocycles. The van der Waals surface area contributed by atoms with Crippen LogP contribution in [0.3, 0.4) is 0 Å². The van der Waals surface area contributed by atoms with Crippen molar-refractivity contribution in [1.29, 1.82) is 0 Å². The summed E-state index contributed by atoms with van der Waals surface area (Å²) in [6.45, 7) is 4.60. The zero-order valence-electron chi connectivity index (χ0n) is 14.5. The van der Waals surface area contributed by atoms with Crippen molar-refractivity contribution >= 4 is 10.8 Å². The highest BCUT2D eigenvalue weighted by molar-refractivity contribution is 5.83. The Morgan fingerprint density at radius 2 is 1.36 bits per heavy atom. The fraction of sp³-hybridized carbons (Fsp3) is 0.545. The van der Waals surface area contributed by atoms with Crippen LogP contribution in [0.5, 0.6) is 0 Å². The van der Waals surface area contributed by atoms with E-state index >= 15 is 0 Å². The first-order valence-electron chi connectivity index (χ1n) is 9.33. The summed E-state index contributed by atoms with van der Waals surface area (Å²) in [5.74, 6) is 0.756. The fourth-order valence-electron chi connectivity index (χ4n) is 3.38. The molecule has 2 aromatic carbocycles. The normalized spacial score (nSPS) is 12.6. The summed E-state index contributed by atoms with van der Waals surface area (Å²) in [5, 5.41) is 2.76. The summed E-state index contributed by atoms with van der Waals surface area (Å²) in [5.41, 5.74) is 1.56. The van der Waals surface area contributed by atoms with Gasteiger partial charge in [0.15, 0.2) is 0 Å². The van der Waals surface area contributed by atoms with E-state index in [2.05, 4.69) is 56.3 Å². The predicted molar refractivity (Wildman–Crippen MR) is 99.6 cm³/mol. The lowest BCUT2D eigenvalue weighted by atomic mass is 9.87. The average Bonchev–Trinajstić information content (AvgIpc) is 2.57. The topological polar surface area (TPSA) is 0 Å². The minimum atomic E-state index is 0.756. The molecule has 0 N–H and O–H groups in total. The molecule has 0 radical (unpaired) electrons. The first kappa shape index (κ1) is 17.1. The Kier molecular flexibility index (Phi) is 7.49. The quantitative estimate of drug-likeness (QED) is 0.399. The van der Waals surface area contributed by atoms with E-state index < -0.39 is 0 Å². The molecule has 0 amide bonds. The molecular formula is C22H32. The first-order valence-corrected chi connectivity index (χ1v) is 9.33. The van der Waals surface area contributed by atoms with Crippen molar-refractivity contribution in [1.82, 2.24) is 0 Å². The highest BCUT2D eigenvalue weighted by atomic mass is 14.2. The van der Waals surface area contributed by atoms with Crippen LogP contribution in [-0.2, 0) is 0 Å². The van der Waals surface area contributed by atoms with E-state index in [0.717, 1.165) is 5.92 Å². The van der Waals surface area contributed by atoms with Crippen molar-refractivity contribution in [3.8, 4) is 0 Å². The number of hydrogen-bond donors (Lipinski definition) is 0. The van der Waals surface area contributed by atoms with Gasteiger partial charge < -0.3 is 0 Å². The third-order valence-corrected chi connectivity index (χ3v) is 4.81. The second kappa shape index (κ2) is 9.66. The van der Waals surface area contributed by atoms with Crippen LogP contribution >= 0.6 is 0 Å². The Bertz CT molecular complexity index is 540. The Labute approximate surface area is 136 Å². The van der Waals surface area contributed by atoms with E-state index in [4.69, 9.17) is 0 Å². The number of benzene rings is 2. The van der Waals surface area contributed by atoms with Crippen molar-refractivity contribution in [2.24, 2.45) is 0 Å². The number of fused-ring (bicyclic) bond motifs is 1. The molecule has 22 heavy (non-hydrogen) atoms. The molecule has 0 aliphatic heterocycles. The molecule has 2 aromatic rings. The molecule has 0 aromatic heterocycles. The summed E-state index contributed by atoms with van der Waals surface area (Å²) in [4.78, 5) is 0. The number of hydrogen-bond acceptors (Lipinski definition) is 0. The van der Waals surface area contributed by atoms with E-state index in [0.29, 0.717) is 0 Å². The second-order valence-electron chi connectivity index (χ2n) is 6.65. The summed E-state index contributed by atoms with van der Waals surface area (Å²) < 4.78 is 0. The molecule has 2 rings (SSSR count). The van der Waals surface area contributed by atoms with Gasteiger partial charge in [-0.15, -0.1) is 0 Å². The molecule has 0 nitrogen and oxygen atoms in total. The maximum Gasteiger partial charge on any atom is -0.0162 e.